The van der Waals surface area contributed by atoms with Crippen LogP contribution in [0.5, 0.6) is 0 Å². The van der Waals surface area contributed by atoms with Crippen LogP contribution >= 0.6 is 0 Å². The van der Waals surface area contributed by atoms with Crippen molar-refractivity contribution >= 4 is 20.9 Å². The molecule has 0 spiro atoms. The number of benzene rings is 1. The summed E-state index contributed by atoms with van der Waals surface area (Å²) in [5.41, 5.74) is 3.50. The monoisotopic (exact) mass is 359 g/mol. The Hall–Kier alpha value is -2.16. The summed E-state index contributed by atoms with van der Waals surface area (Å²) >= 11 is 0. The molecule has 0 aliphatic carbocycles. The van der Waals surface area contributed by atoms with Crippen molar-refractivity contribution in [1.82, 2.24) is 24.4 Å². The van der Waals surface area contributed by atoms with Crippen LogP contribution < -0.4 is 4.72 Å². The number of H-pyrrole nitrogens is 1. The number of hydrogen-bond acceptors (Lipinski definition) is 4. The van der Waals surface area contributed by atoms with E-state index in [4.69, 9.17) is 0 Å². The van der Waals surface area contributed by atoms with Crippen molar-refractivity contribution < 1.29 is 8.42 Å². The van der Waals surface area contributed by atoms with E-state index in [0.29, 0.717) is 6.54 Å². The molecule has 1 atom stereocenters. The van der Waals surface area contributed by atoms with Gasteiger partial charge in [-0.2, -0.15) is 5.10 Å². The Balaban J connectivity index is 1.56. The average molecular weight is 359 g/mol. The summed E-state index contributed by atoms with van der Waals surface area (Å²) in [6.07, 6.45) is 4.92. The zero-order valence-corrected chi connectivity index (χ0v) is 14.8. The van der Waals surface area contributed by atoms with Crippen LogP contribution in [0.15, 0.2) is 42.7 Å². The van der Waals surface area contributed by atoms with Crippen molar-refractivity contribution in [2.75, 3.05) is 19.3 Å². The van der Waals surface area contributed by atoms with E-state index in [2.05, 4.69) is 44.0 Å². The molecular formula is C17H21N5O2S. The zero-order valence-electron chi connectivity index (χ0n) is 14.0. The molecule has 3 aromatic rings. The van der Waals surface area contributed by atoms with Crippen LogP contribution in [-0.2, 0) is 23.1 Å². The second-order valence-electron chi connectivity index (χ2n) is 6.57. The number of aromatic nitrogens is 3. The highest BCUT2D eigenvalue weighted by atomic mass is 32.2. The van der Waals surface area contributed by atoms with Gasteiger partial charge in [0.15, 0.2) is 0 Å². The molecule has 1 aliphatic heterocycles. The van der Waals surface area contributed by atoms with E-state index in [1.54, 1.807) is 6.20 Å². The number of sulfonamides is 1. The third kappa shape index (κ3) is 3.46. The molecule has 132 valence electrons. The molecule has 8 heteroatoms. The van der Waals surface area contributed by atoms with Crippen LogP contribution in [0.3, 0.4) is 0 Å². The summed E-state index contributed by atoms with van der Waals surface area (Å²) in [6, 6.07) is 10.4. The van der Waals surface area contributed by atoms with Gasteiger partial charge >= 0.3 is 0 Å². The van der Waals surface area contributed by atoms with Gasteiger partial charge in [0.25, 0.3) is 0 Å². The molecule has 4 rings (SSSR count). The second-order valence-corrected chi connectivity index (χ2v) is 8.40. The maximum atomic E-state index is 11.5. The van der Waals surface area contributed by atoms with E-state index in [1.165, 1.54) is 17.2 Å². The number of hydrogen-bond donors (Lipinski definition) is 2. The second kappa shape index (κ2) is 6.29. The van der Waals surface area contributed by atoms with Crippen LogP contribution in [0.1, 0.15) is 17.3 Å². The molecule has 7 nitrogen and oxygen atoms in total. The van der Waals surface area contributed by atoms with Crippen LogP contribution in [-0.4, -0.2) is 47.4 Å². The van der Waals surface area contributed by atoms with Crippen LogP contribution in [0.25, 0.3) is 10.9 Å². The fourth-order valence-corrected chi connectivity index (χ4v) is 4.01. The van der Waals surface area contributed by atoms with Gasteiger partial charge < -0.3 is 4.98 Å². The number of nitrogens with zero attached hydrogens (tertiary/aromatic N) is 3. The van der Waals surface area contributed by atoms with Crippen molar-refractivity contribution in [1.29, 1.82) is 0 Å². The van der Waals surface area contributed by atoms with Gasteiger partial charge in [0.1, 0.15) is 0 Å². The van der Waals surface area contributed by atoms with Gasteiger partial charge in [-0.3, -0.25) is 9.58 Å². The average Bonchev–Trinajstić information content (AvgIpc) is 3.21. The maximum Gasteiger partial charge on any atom is 0.208 e. The smallest absolute Gasteiger partial charge is 0.208 e. The number of rotatable bonds is 5. The first-order valence-corrected chi connectivity index (χ1v) is 10.1. The third-order valence-corrected chi connectivity index (χ3v) is 5.30. The lowest BCUT2D eigenvalue weighted by molar-refractivity contribution is 0.168. The minimum absolute atomic E-state index is 0.0149. The maximum absolute atomic E-state index is 11.5. The standard InChI is InChI=1S/C17H21N5O2S/c1-25(23,24)20-9-15-12-21(11-14-5-8-19-22(14)15)10-13-3-2-4-17-16(13)6-7-18-17/h2-8,15,18,20H,9-12H2,1H3. The molecule has 1 aliphatic rings. The summed E-state index contributed by atoms with van der Waals surface area (Å²) in [4.78, 5) is 5.59. The van der Waals surface area contributed by atoms with E-state index in [9.17, 15) is 8.42 Å². The largest absolute Gasteiger partial charge is 0.361 e. The van der Waals surface area contributed by atoms with Gasteiger partial charge in [0.05, 0.1) is 18.0 Å². The van der Waals surface area contributed by atoms with E-state index in [-0.39, 0.29) is 6.04 Å². The summed E-state index contributed by atoms with van der Waals surface area (Å²) in [5, 5.41) is 5.60. The molecule has 0 bridgehead atoms. The van der Waals surface area contributed by atoms with Crippen LogP contribution in [0.2, 0.25) is 0 Å². The summed E-state index contributed by atoms with van der Waals surface area (Å²) in [5.74, 6) is 0. The SMILES string of the molecule is CS(=O)(=O)NCC1CN(Cc2cccc3[nH]ccc23)Cc2ccnn21. The predicted octanol–water partition coefficient (Wildman–Crippen LogP) is 1.47. The Bertz CT molecular complexity index is 991. The lowest BCUT2D eigenvalue weighted by atomic mass is 10.1. The number of fused-ring (bicyclic) bond motifs is 2. The topological polar surface area (TPSA) is 83.0 Å². The van der Waals surface area contributed by atoms with Gasteiger partial charge in [-0.15, -0.1) is 0 Å². The first-order chi connectivity index (χ1) is 12.0. The molecular weight excluding hydrogens is 338 g/mol. The molecule has 0 fully saturated rings. The molecule has 2 aromatic heterocycles. The third-order valence-electron chi connectivity index (χ3n) is 4.61. The lowest BCUT2D eigenvalue weighted by Crippen LogP contribution is -2.42. The minimum Gasteiger partial charge on any atom is -0.361 e. The predicted molar refractivity (Wildman–Crippen MR) is 96.5 cm³/mol. The molecule has 0 saturated heterocycles. The van der Waals surface area contributed by atoms with Crippen molar-refractivity contribution in [3.8, 4) is 0 Å². The van der Waals surface area contributed by atoms with Crippen molar-refractivity contribution in [3.05, 3.63) is 54.0 Å². The van der Waals surface area contributed by atoms with E-state index in [0.717, 1.165) is 30.8 Å². The van der Waals surface area contributed by atoms with Gasteiger partial charge in [0, 0.05) is 49.5 Å². The number of nitrogens with one attached hydrogen (secondary N) is 2. The fourth-order valence-electron chi connectivity index (χ4n) is 3.51. The Morgan fingerprint density at radius 2 is 2.20 bits per heavy atom. The number of aromatic amines is 1. The normalized spacial score (nSPS) is 18.5. The first kappa shape index (κ1) is 16.3. The van der Waals surface area contributed by atoms with Gasteiger partial charge in [-0.25, -0.2) is 13.1 Å². The summed E-state index contributed by atoms with van der Waals surface area (Å²) in [7, 11) is -3.22. The van der Waals surface area contributed by atoms with Crippen LogP contribution in [0, 0.1) is 0 Å². The van der Waals surface area contributed by atoms with Gasteiger partial charge in [0.2, 0.25) is 10.0 Å². The van der Waals surface area contributed by atoms with Gasteiger partial charge in [-0.05, 0) is 23.8 Å². The molecule has 1 unspecified atom stereocenters. The quantitative estimate of drug-likeness (QED) is 0.723. The van der Waals surface area contributed by atoms with E-state index >= 15 is 0 Å². The van der Waals surface area contributed by atoms with E-state index in [1.807, 2.05) is 16.9 Å². The molecule has 1 aromatic carbocycles. The summed E-state index contributed by atoms with van der Waals surface area (Å²) in [6.45, 7) is 2.71. The van der Waals surface area contributed by atoms with Crippen molar-refractivity contribution in [2.45, 2.75) is 19.1 Å². The van der Waals surface area contributed by atoms with Crippen molar-refractivity contribution in [2.24, 2.45) is 0 Å². The zero-order chi connectivity index (χ0) is 17.4. The Morgan fingerprint density at radius 1 is 1.32 bits per heavy atom. The highest BCUT2D eigenvalue weighted by Gasteiger charge is 2.26. The van der Waals surface area contributed by atoms with Crippen LogP contribution in [0.4, 0.5) is 0 Å². The fraction of sp³-hybridized carbons (Fsp3) is 0.353. The molecule has 0 radical (unpaired) electrons. The highest BCUT2D eigenvalue weighted by molar-refractivity contribution is 7.88. The Labute approximate surface area is 146 Å². The molecule has 0 saturated carbocycles. The van der Waals surface area contributed by atoms with Gasteiger partial charge in [-0.1, -0.05) is 12.1 Å². The molecule has 25 heavy (non-hydrogen) atoms. The summed E-state index contributed by atoms with van der Waals surface area (Å²) < 4.78 is 27.5. The first-order valence-electron chi connectivity index (χ1n) is 8.24. The Kier molecular flexibility index (Phi) is 4.10. The van der Waals surface area contributed by atoms with Crippen molar-refractivity contribution in [3.63, 3.8) is 0 Å². The highest BCUT2D eigenvalue weighted by Crippen LogP contribution is 2.24. The Morgan fingerprint density at radius 3 is 3.04 bits per heavy atom. The molecule has 3 heterocycles. The molecule has 0 amide bonds. The molecule has 2 N–H and O–H groups in total. The van der Waals surface area contributed by atoms with E-state index < -0.39 is 10.0 Å². The minimum atomic E-state index is -3.22. The lowest BCUT2D eigenvalue weighted by Gasteiger charge is -2.34.